The van der Waals surface area contributed by atoms with Gasteiger partial charge < -0.3 is 15.0 Å². The molecule has 8 heteroatoms. The first-order chi connectivity index (χ1) is 19.1. The SMILES string of the molecule is CCC/C=C\c1c(C)ncnc1C1=CC(CC(CC#N)C2CCCC2)CCN=C1NCC(=O)N1CCOCC1. The fourth-order valence-corrected chi connectivity index (χ4v) is 6.08. The maximum absolute atomic E-state index is 13.0. The van der Waals surface area contributed by atoms with Crippen LogP contribution in [0.3, 0.4) is 0 Å². The summed E-state index contributed by atoms with van der Waals surface area (Å²) >= 11 is 0. The fourth-order valence-electron chi connectivity index (χ4n) is 6.08. The molecule has 1 N–H and O–H groups in total. The number of aryl methyl sites for hydroxylation is 1. The summed E-state index contributed by atoms with van der Waals surface area (Å²) < 4.78 is 5.41. The maximum atomic E-state index is 13.0. The van der Waals surface area contributed by atoms with Gasteiger partial charge in [-0.05, 0) is 43.9 Å². The lowest BCUT2D eigenvalue weighted by atomic mass is 9.80. The van der Waals surface area contributed by atoms with Crippen LogP contribution in [0.2, 0.25) is 0 Å². The van der Waals surface area contributed by atoms with E-state index in [1.165, 1.54) is 25.7 Å². The number of hydrogen-bond donors (Lipinski definition) is 1. The molecule has 2 fully saturated rings. The van der Waals surface area contributed by atoms with Crippen molar-refractivity contribution in [2.45, 2.75) is 71.6 Å². The van der Waals surface area contributed by atoms with Gasteiger partial charge in [0.2, 0.25) is 5.91 Å². The third-order valence-corrected chi connectivity index (χ3v) is 8.30. The van der Waals surface area contributed by atoms with Crippen molar-refractivity contribution in [3.05, 3.63) is 35.4 Å². The van der Waals surface area contributed by atoms with Crippen molar-refractivity contribution in [2.24, 2.45) is 22.7 Å². The number of nitrogens with zero attached hydrogens (tertiary/aromatic N) is 5. The van der Waals surface area contributed by atoms with Crippen LogP contribution in [0.5, 0.6) is 0 Å². The van der Waals surface area contributed by atoms with Gasteiger partial charge in [0.1, 0.15) is 12.2 Å². The van der Waals surface area contributed by atoms with Gasteiger partial charge >= 0.3 is 0 Å². The van der Waals surface area contributed by atoms with Crippen LogP contribution < -0.4 is 5.32 Å². The minimum Gasteiger partial charge on any atom is -0.378 e. The Labute approximate surface area is 233 Å². The molecule has 2 unspecified atom stereocenters. The molecule has 1 amide bonds. The first kappa shape index (κ1) is 28.9. The van der Waals surface area contributed by atoms with Gasteiger partial charge in [-0.1, -0.05) is 57.3 Å². The molecule has 1 aromatic rings. The zero-order chi connectivity index (χ0) is 27.5. The molecule has 1 aliphatic carbocycles. The number of nitriles is 1. The molecule has 0 bridgehead atoms. The van der Waals surface area contributed by atoms with Crippen LogP contribution in [0.15, 0.2) is 23.5 Å². The lowest BCUT2D eigenvalue weighted by molar-refractivity contribution is -0.133. The van der Waals surface area contributed by atoms with E-state index >= 15 is 0 Å². The summed E-state index contributed by atoms with van der Waals surface area (Å²) in [5.41, 5.74) is 3.71. The van der Waals surface area contributed by atoms with Crippen LogP contribution in [0.25, 0.3) is 11.6 Å². The average molecular weight is 533 g/mol. The first-order valence-electron chi connectivity index (χ1n) is 14.8. The van der Waals surface area contributed by atoms with Gasteiger partial charge in [-0.25, -0.2) is 9.97 Å². The lowest BCUT2D eigenvalue weighted by Crippen LogP contribution is -2.45. The Morgan fingerprint density at radius 1 is 1.26 bits per heavy atom. The van der Waals surface area contributed by atoms with Crippen molar-refractivity contribution >= 4 is 23.4 Å². The Bertz CT molecular complexity index is 1090. The number of carbonyl (C=O) groups is 1. The van der Waals surface area contributed by atoms with E-state index in [9.17, 15) is 10.1 Å². The largest absolute Gasteiger partial charge is 0.378 e. The zero-order valence-corrected chi connectivity index (χ0v) is 23.7. The molecule has 0 spiro atoms. The highest BCUT2D eigenvalue weighted by Crippen LogP contribution is 2.38. The van der Waals surface area contributed by atoms with Gasteiger partial charge in [-0.2, -0.15) is 5.26 Å². The molecule has 2 atom stereocenters. The quantitative estimate of drug-likeness (QED) is 0.457. The molecule has 8 nitrogen and oxygen atoms in total. The Kier molecular flexibility index (Phi) is 11.1. The summed E-state index contributed by atoms with van der Waals surface area (Å²) in [6, 6.07) is 2.47. The van der Waals surface area contributed by atoms with Gasteiger partial charge in [0.15, 0.2) is 0 Å². The molecule has 3 aliphatic rings. The standard InChI is InChI=1S/C31H44N6O2/c1-3-4-5-10-27-23(2)35-22-36-30(27)28-20-24(19-26(11-13-32)25-8-6-7-9-25)12-14-33-31(28)34-21-29(38)37-15-17-39-18-16-37/h5,10,20,22,24-26H,3-4,6-9,11-12,14-19,21H2,1-2H3,(H,33,34)/b10-5-. The van der Waals surface area contributed by atoms with Crippen molar-refractivity contribution < 1.29 is 9.53 Å². The number of aromatic nitrogens is 2. The molecule has 210 valence electrons. The van der Waals surface area contributed by atoms with Gasteiger partial charge in [0, 0.05) is 42.9 Å². The van der Waals surface area contributed by atoms with Crippen molar-refractivity contribution in [1.29, 1.82) is 5.26 Å². The Hall–Kier alpha value is -3.05. The minimum absolute atomic E-state index is 0.0541. The van der Waals surface area contributed by atoms with Gasteiger partial charge in [-0.3, -0.25) is 9.79 Å². The van der Waals surface area contributed by atoms with Crippen LogP contribution in [-0.4, -0.2) is 66.0 Å². The molecular weight excluding hydrogens is 488 g/mol. The van der Waals surface area contributed by atoms with E-state index in [0.29, 0.717) is 57.0 Å². The molecule has 0 radical (unpaired) electrons. The van der Waals surface area contributed by atoms with Gasteiger partial charge in [-0.15, -0.1) is 0 Å². The van der Waals surface area contributed by atoms with Gasteiger partial charge in [0.25, 0.3) is 0 Å². The lowest BCUT2D eigenvalue weighted by Gasteiger charge is -2.27. The van der Waals surface area contributed by atoms with E-state index in [1.807, 2.05) is 11.8 Å². The number of amidine groups is 1. The second-order valence-electron chi connectivity index (χ2n) is 11.0. The summed E-state index contributed by atoms with van der Waals surface area (Å²) in [6.45, 7) is 7.45. The van der Waals surface area contributed by atoms with E-state index < -0.39 is 0 Å². The van der Waals surface area contributed by atoms with E-state index in [2.05, 4.69) is 41.5 Å². The number of carbonyl (C=O) groups excluding carboxylic acids is 1. The van der Waals surface area contributed by atoms with Crippen LogP contribution >= 0.6 is 0 Å². The second kappa shape index (κ2) is 14.9. The number of hydrogen-bond acceptors (Lipinski definition) is 7. The predicted molar refractivity (Wildman–Crippen MR) is 155 cm³/mol. The summed E-state index contributed by atoms with van der Waals surface area (Å²) in [7, 11) is 0. The molecule has 2 aliphatic heterocycles. The predicted octanol–water partition coefficient (Wildman–Crippen LogP) is 4.96. The molecular formula is C31H44N6O2. The molecule has 39 heavy (non-hydrogen) atoms. The third-order valence-electron chi connectivity index (χ3n) is 8.30. The summed E-state index contributed by atoms with van der Waals surface area (Å²) in [5.74, 6) is 2.12. The van der Waals surface area contributed by atoms with Crippen LogP contribution in [-0.2, 0) is 9.53 Å². The number of ether oxygens (including phenoxy) is 1. The average Bonchev–Trinajstić information content (AvgIpc) is 3.42. The summed E-state index contributed by atoms with van der Waals surface area (Å²) in [6.07, 6.45) is 17.9. The topological polar surface area (TPSA) is 104 Å². The van der Waals surface area contributed by atoms with Crippen molar-refractivity contribution in [2.75, 3.05) is 39.4 Å². The summed E-state index contributed by atoms with van der Waals surface area (Å²) in [4.78, 5) is 29.0. The number of amides is 1. The van der Waals surface area contributed by atoms with E-state index in [4.69, 9.17) is 14.7 Å². The van der Waals surface area contributed by atoms with E-state index in [0.717, 1.165) is 54.0 Å². The van der Waals surface area contributed by atoms with Crippen LogP contribution in [0.4, 0.5) is 0 Å². The highest BCUT2D eigenvalue weighted by Gasteiger charge is 2.29. The third kappa shape index (κ3) is 7.98. The normalized spacial score (nSPS) is 21.3. The van der Waals surface area contributed by atoms with E-state index in [1.54, 1.807) is 6.33 Å². The van der Waals surface area contributed by atoms with Gasteiger partial charge in [0.05, 0.1) is 31.5 Å². The number of unbranched alkanes of at least 4 members (excludes halogenated alkanes) is 1. The molecule has 3 heterocycles. The van der Waals surface area contributed by atoms with Crippen molar-refractivity contribution in [1.82, 2.24) is 20.2 Å². The Morgan fingerprint density at radius 2 is 2.05 bits per heavy atom. The molecule has 4 rings (SSSR count). The fraction of sp³-hybridized carbons (Fsp3) is 0.645. The number of allylic oxidation sites excluding steroid dienone is 2. The maximum Gasteiger partial charge on any atom is 0.242 e. The van der Waals surface area contributed by atoms with E-state index in [-0.39, 0.29) is 12.5 Å². The van der Waals surface area contributed by atoms with Crippen molar-refractivity contribution in [3.8, 4) is 6.07 Å². The van der Waals surface area contributed by atoms with Crippen LogP contribution in [0, 0.1) is 36.0 Å². The second-order valence-corrected chi connectivity index (χ2v) is 11.0. The number of rotatable bonds is 10. The number of morpholine rings is 1. The van der Waals surface area contributed by atoms with Crippen molar-refractivity contribution in [3.63, 3.8) is 0 Å². The highest BCUT2D eigenvalue weighted by molar-refractivity contribution is 6.23. The zero-order valence-electron chi connectivity index (χ0n) is 23.7. The van der Waals surface area contributed by atoms with Crippen LogP contribution in [0.1, 0.15) is 81.7 Å². The molecule has 1 saturated heterocycles. The number of aliphatic imine (C=N–C) groups is 1. The summed E-state index contributed by atoms with van der Waals surface area (Å²) in [5, 5.41) is 13.0. The minimum atomic E-state index is 0.0541. The molecule has 1 aromatic heterocycles. The first-order valence-corrected chi connectivity index (χ1v) is 14.8. The monoisotopic (exact) mass is 532 g/mol. The smallest absolute Gasteiger partial charge is 0.242 e. The molecule has 0 aromatic carbocycles. The molecule has 1 saturated carbocycles. The Morgan fingerprint density at radius 3 is 2.79 bits per heavy atom. The Balaban J connectivity index is 1.63. The highest BCUT2D eigenvalue weighted by atomic mass is 16.5. The number of nitrogens with one attached hydrogen (secondary N) is 1.